The van der Waals surface area contributed by atoms with Crippen LogP contribution in [0.1, 0.15) is 43.0 Å². The smallest absolute Gasteiger partial charge is 0.339 e. The van der Waals surface area contributed by atoms with Gasteiger partial charge >= 0.3 is 11.9 Å². The lowest BCUT2D eigenvalue weighted by Crippen LogP contribution is -2.45. The van der Waals surface area contributed by atoms with E-state index in [9.17, 15) is 9.59 Å². The monoisotopic (exact) mass is 636 g/mol. The van der Waals surface area contributed by atoms with Crippen molar-refractivity contribution in [2.24, 2.45) is 0 Å². The van der Waals surface area contributed by atoms with Crippen LogP contribution < -0.4 is 0 Å². The first-order chi connectivity index (χ1) is 22.9. The highest BCUT2D eigenvalue weighted by Crippen LogP contribution is 2.14. The molecule has 0 amide bonds. The predicted molar refractivity (Wildman–Crippen MR) is 181 cm³/mol. The topological polar surface area (TPSA) is 102 Å². The van der Waals surface area contributed by atoms with Crippen LogP contribution >= 0.6 is 0 Å². The van der Waals surface area contributed by atoms with Gasteiger partial charge in [-0.3, -0.25) is 29.6 Å². The first-order valence-corrected chi connectivity index (χ1v) is 16.1. The molecule has 47 heavy (non-hydrogen) atoms. The molecular weight excluding hydrogens is 592 g/mol. The summed E-state index contributed by atoms with van der Waals surface area (Å²) in [5.74, 6) is -1.26. The Balaban J connectivity index is 0.000000185. The molecule has 0 atom stereocenters. The molecule has 0 unspecified atom stereocenters. The van der Waals surface area contributed by atoms with Crippen LogP contribution in [0.15, 0.2) is 97.6 Å². The van der Waals surface area contributed by atoms with Gasteiger partial charge in [-0.25, -0.2) is 9.59 Å². The van der Waals surface area contributed by atoms with Gasteiger partial charge in [0.15, 0.2) is 0 Å². The van der Waals surface area contributed by atoms with E-state index in [1.807, 2.05) is 18.3 Å². The van der Waals surface area contributed by atoms with Crippen molar-refractivity contribution in [1.29, 1.82) is 0 Å². The summed E-state index contributed by atoms with van der Waals surface area (Å²) in [6.07, 6.45) is 6.52. The Labute approximate surface area is 277 Å². The number of carbonyl (C=O) groups is 2. The van der Waals surface area contributed by atoms with Crippen LogP contribution in [0.25, 0.3) is 0 Å². The maximum absolute atomic E-state index is 11.6. The summed E-state index contributed by atoms with van der Waals surface area (Å²) in [6, 6.07) is 24.7. The van der Waals surface area contributed by atoms with Gasteiger partial charge in [0.2, 0.25) is 0 Å². The average Bonchev–Trinajstić information content (AvgIpc) is 3.11. The molecule has 2 aliphatic heterocycles. The molecule has 4 heterocycles. The Morgan fingerprint density at radius 1 is 0.574 bits per heavy atom. The van der Waals surface area contributed by atoms with Crippen LogP contribution in [0.2, 0.25) is 0 Å². The Kier molecular flexibility index (Phi) is 12.6. The quantitative estimate of drug-likeness (QED) is 0.254. The second-order valence-electron chi connectivity index (χ2n) is 12.0. The summed E-state index contributed by atoms with van der Waals surface area (Å²) in [6.45, 7) is 11.8. The Hall–Kier alpha value is -4.48. The van der Waals surface area contributed by atoms with Gasteiger partial charge in [0.25, 0.3) is 0 Å². The minimum absolute atomic E-state index is 0.255. The number of hydrogen-bond donors (Lipinski definition) is 1. The van der Waals surface area contributed by atoms with E-state index in [-0.39, 0.29) is 11.5 Å². The van der Waals surface area contributed by atoms with E-state index in [2.05, 4.69) is 84.2 Å². The molecule has 10 heteroatoms. The lowest BCUT2D eigenvalue weighted by molar-refractivity contribution is 0.0599. The number of carbonyl (C=O) groups excluding carboxylic acids is 1. The van der Waals surface area contributed by atoms with Gasteiger partial charge in [0, 0.05) is 103 Å². The number of aromatic nitrogens is 2. The average molecular weight is 637 g/mol. The molecule has 4 aromatic rings. The highest BCUT2D eigenvalue weighted by molar-refractivity contribution is 5.89. The zero-order valence-corrected chi connectivity index (χ0v) is 27.1. The number of pyridine rings is 2. The number of carboxylic acid groups (broad SMARTS) is 1. The third-order valence-corrected chi connectivity index (χ3v) is 8.50. The molecule has 2 saturated heterocycles. The van der Waals surface area contributed by atoms with Crippen LogP contribution in [-0.2, 0) is 30.9 Å². The molecule has 10 nitrogen and oxygen atoms in total. The van der Waals surface area contributed by atoms with Gasteiger partial charge in [-0.05, 0) is 34.4 Å². The SMILES string of the molecule is COC(=O)c1cncc(CN2CCN(Cc3ccccc3)CC2)c1.O=C(O)c1cncc(CN2CCN(Cc3ccccc3)CC2)c1. The van der Waals surface area contributed by atoms with Gasteiger partial charge in [-0.1, -0.05) is 60.7 Å². The molecule has 246 valence electrons. The normalized spacial score (nSPS) is 16.2. The van der Waals surface area contributed by atoms with E-state index in [1.54, 1.807) is 18.5 Å². The fourth-order valence-electron chi connectivity index (χ4n) is 5.91. The van der Waals surface area contributed by atoms with Crippen molar-refractivity contribution in [3.63, 3.8) is 0 Å². The Morgan fingerprint density at radius 2 is 0.936 bits per heavy atom. The lowest BCUT2D eigenvalue weighted by Gasteiger charge is -2.34. The Morgan fingerprint density at radius 3 is 1.32 bits per heavy atom. The fourth-order valence-corrected chi connectivity index (χ4v) is 5.91. The molecule has 2 aromatic carbocycles. The van der Waals surface area contributed by atoms with E-state index in [4.69, 9.17) is 9.84 Å². The van der Waals surface area contributed by atoms with Crippen molar-refractivity contribution in [3.05, 3.63) is 131 Å². The summed E-state index contributed by atoms with van der Waals surface area (Å²) >= 11 is 0. The number of methoxy groups -OCH3 is 1. The van der Waals surface area contributed by atoms with E-state index < -0.39 is 5.97 Å². The number of ether oxygens (including phenoxy) is 1. The molecule has 2 aromatic heterocycles. The number of benzene rings is 2. The van der Waals surface area contributed by atoms with Crippen LogP contribution in [0.4, 0.5) is 0 Å². The van der Waals surface area contributed by atoms with E-state index in [0.717, 1.165) is 89.7 Å². The van der Waals surface area contributed by atoms with Crippen molar-refractivity contribution >= 4 is 11.9 Å². The first kappa shape index (κ1) is 33.9. The van der Waals surface area contributed by atoms with Crippen LogP contribution in [0.3, 0.4) is 0 Å². The second-order valence-corrected chi connectivity index (χ2v) is 12.0. The maximum atomic E-state index is 11.6. The predicted octanol–water partition coefficient (Wildman–Crippen LogP) is 4.28. The third kappa shape index (κ3) is 10.8. The fraction of sp³-hybridized carbons (Fsp3) is 0.351. The maximum Gasteiger partial charge on any atom is 0.339 e. The van der Waals surface area contributed by atoms with Gasteiger partial charge < -0.3 is 9.84 Å². The van der Waals surface area contributed by atoms with Crippen molar-refractivity contribution in [3.8, 4) is 0 Å². The number of rotatable bonds is 10. The molecule has 0 bridgehead atoms. The molecular formula is C37H44N6O4. The molecule has 6 rings (SSSR count). The standard InChI is InChI=1S/C19H23N3O2.C18H21N3O2/c1-24-19(23)18-11-17(12-20-13-18)15-22-9-7-21(8-10-22)14-16-5-3-2-4-6-16;22-18(23)17-10-16(11-19-12-17)14-21-8-6-20(7-9-21)13-15-4-2-1-3-5-15/h2-6,11-13H,7-10,14-15H2,1H3;1-5,10-12H,6-9,13-14H2,(H,22,23). The van der Waals surface area contributed by atoms with Gasteiger partial charge in [0.05, 0.1) is 18.2 Å². The number of carboxylic acids is 1. The van der Waals surface area contributed by atoms with Crippen LogP contribution in [0.5, 0.6) is 0 Å². The Bertz CT molecular complexity index is 1560. The van der Waals surface area contributed by atoms with Crippen LogP contribution in [-0.4, -0.2) is 106 Å². The van der Waals surface area contributed by atoms with Crippen molar-refractivity contribution < 1.29 is 19.4 Å². The highest BCUT2D eigenvalue weighted by Gasteiger charge is 2.19. The largest absolute Gasteiger partial charge is 0.478 e. The molecule has 0 radical (unpaired) electrons. The molecule has 0 spiro atoms. The minimum atomic E-state index is -0.924. The van der Waals surface area contributed by atoms with Crippen molar-refractivity contribution in [2.45, 2.75) is 26.2 Å². The molecule has 1 N–H and O–H groups in total. The third-order valence-electron chi connectivity index (χ3n) is 8.50. The minimum Gasteiger partial charge on any atom is -0.478 e. The molecule has 2 aliphatic rings. The van der Waals surface area contributed by atoms with E-state index in [0.29, 0.717) is 5.56 Å². The first-order valence-electron chi connectivity index (χ1n) is 16.1. The summed E-state index contributed by atoms with van der Waals surface area (Å²) in [4.78, 5) is 40.5. The summed E-state index contributed by atoms with van der Waals surface area (Å²) in [5, 5.41) is 9.03. The van der Waals surface area contributed by atoms with Crippen molar-refractivity contribution in [2.75, 3.05) is 59.5 Å². The number of hydrogen-bond acceptors (Lipinski definition) is 9. The number of aromatic carboxylic acids is 1. The zero-order valence-electron chi connectivity index (χ0n) is 27.1. The van der Waals surface area contributed by atoms with Gasteiger partial charge in [0.1, 0.15) is 0 Å². The van der Waals surface area contributed by atoms with E-state index >= 15 is 0 Å². The number of nitrogens with zero attached hydrogens (tertiary/aromatic N) is 6. The van der Waals surface area contributed by atoms with Crippen LogP contribution in [0, 0.1) is 0 Å². The summed E-state index contributed by atoms with van der Waals surface area (Å²) in [5.41, 5.74) is 5.49. The zero-order chi connectivity index (χ0) is 32.8. The van der Waals surface area contributed by atoms with Gasteiger partial charge in [-0.2, -0.15) is 0 Å². The van der Waals surface area contributed by atoms with E-state index in [1.165, 1.54) is 24.4 Å². The molecule has 0 saturated carbocycles. The summed E-state index contributed by atoms with van der Waals surface area (Å²) in [7, 11) is 1.39. The molecule has 0 aliphatic carbocycles. The summed E-state index contributed by atoms with van der Waals surface area (Å²) < 4.78 is 4.75. The highest BCUT2D eigenvalue weighted by atomic mass is 16.5. The second kappa shape index (κ2) is 17.4. The van der Waals surface area contributed by atoms with Crippen molar-refractivity contribution in [1.82, 2.24) is 29.6 Å². The number of esters is 1. The number of piperazine rings is 2. The van der Waals surface area contributed by atoms with Gasteiger partial charge in [-0.15, -0.1) is 0 Å². The molecule has 2 fully saturated rings. The lowest BCUT2D eigenvalue weighted by atomic mass is 10.1.